The Bertz CT molecular complexity index is 786. The first-order valence-electron chi connectivity index (χ1n) is 8.91. The van der Waals surface area contributed by atoms with Gasteiger partial charge in [-0.2, -0.15) is 0 Å². The van der Waals surface area contributed by atoms with Gasteiger partial charge in [0.2, 0.25) is 0 Å². The van der Waals surface area contributed by atoms with Crippen LogP contribution in [-0.4, -0.2) is 54.1 Å². The number of thiophene rings is 1. The fourth-order valence-corrected chi connectivity index (χ4v) is 4.52. The largest absolute Gasteiger partial charge is 0.461 e. The highest BCUT2D eigenvalue weighted by atomic mass is 32.2. The summed E-state index contributed by atoms with van der Waals surface area (Å²) in [5.41, 5.74) is 0. The van der Waals surface area contributed by atoms with Crippen LogP contribution in [-0.2, 0) is 22.7 Å². The lowest BCUT2D eigenvalue weighted by atomic mass is 10.3. The third-order valence-electron chi connectivity index (χ3n) is 4.38. The predicted molar refractivity (Wildman–Crippen MR) is 106 cm³/mol. The van der Waals surface area contributed by atoms with Crippen LogP contribution in [0.2, 0.25) is 0 Å². The molecule has 0 aromatic carbocycles. The summed E-state index contributed by atoms with van der Waals surface area (Å²) >= 11 is 3.23. The molecule has 0 bridgehead atoms. The summed E-state index contributed by atoms with van der Waals surface area (Å²) in [5, 5.41) is 0. The third kappa shape index (κ3) is 5.60. The summed E-state index contributed by atoms with van der Waals surface area (Å²) in [6, 6.07) is 7.69. The van der Waals surface area contributed by atoms with Crippen molar-refractivity contribution >= 4 is 35.0 Å². The molecule has 0 spiro atoms. The number of carbonyl (C=O) groups excluding carboxylic acids is 2. The molecule has 1 amide bonds. The van der Waals surface area contributed by atoms with Crippen molar-refractivity contribution in [3.8, 4) is 0 Å². The van der Waals surface area contributed by atoms with Gasteiger partial charge in [0.05, 0.1) is 15.6 Å². The highest BCUT2D eigenvalue weighted by molar-refractivity contribution is 8.00. The number of hydrogen-bond donors (Lipinski definition) is 0. The summed E-state index contributed by atoms with van der Waals surface area (Å²) in [6.07, 6.45) is 2.96. The molecular weight excluding hydrogens is 384 g/mol. The van der Waals surface area contributed by atoms with Crippen LogP contribution < -0.4 is 0 Å². The number of nitrogens with zero attached hydrogens (tertiary/aromatic N) is 2. The second-order valence-electron chi connectivity index (χ2n) is 6.39. The molecule has 146 valence electrons. The number of rotatable bonds is 6. The molecule has 1 fully saturated rings. The monoisotopic (exact) mass is 408 g/mol. The third-order valence-corrected chi connectivity index (χ3v) is 6.54. The summed E-state index contributed by atoms with van der Waals surface area (Å²) in [4.78, 5) is 28.7. The van der Waals surface area contributed by atoms with Crippen molar-refractivity contribution in [2.45, 2.75) is 30.7 Å². The lowest BCUT2D eigenvalue weighted by Gasteiger charge is -2.21. The molecule has 8 heteroatoms. The van der Waals surface area contributed by atoms with Gasteiger partial charge >= 0.3 is 5.97 Å². The van der Waals surface area contributed by atoms with E-state index in [4.69, 9.17) is 9.15 Å². The summed E-state index contributed by atoms with van der Waals surface area (Å²) in [7, 11) is 0. The summed E-state index contributed by atoms with van der Waals surface area (Å²) in [5.74, 6) is 1.30. The number of ether oxygens (including phenoxy) is 1. The van der Waals surface area contributed by atoms with Crippen LogP contribution in [0.5, 0.6) is 0 Å². The molecule has 0 atom stereocenters. The van der Waals surface area contributed by atoms with Gasteiger partial charge in [-0.1, -0.05) is 0 Å². The Morgan fingerprint density at radius 2 is 1.96 bits per heavy atom. The van der Waals surface area contributed by atoms with Crippen molar-refractivity contribution in [1.29, 1.82) is 0 Å². The van der Waals surface area contributed by atoms with E-state index in [0.717, 1.165) is 40.9 Å². The topological polar surface area (TPSA) is 63.0 Å². The maximum atomic E-state index is 12.7. The zero-order valence-electron chi connectivity index (χ0n) is 15.6. The molecule has 1 aliphatic heterocycles. The van der Waals surface area contributed by atoms with E-state index in [1.54, 1.807) is 23.1 Å². The highest BCUT2D eigenvalue weighted by Gasteiger charge is 2.22. The zero-order valence-corrected chi connectivity index (χ0v) is 17.2. The maximum Gasteiger partial charge on any atom is 0.303 e. The van der Waals surface area contributed by atoms with Gasteiger partial charge in [-0.25, -0.2) is 0 Å². The number of esters is 1. The summed E-state index contributed by atoms with van der Waals surface area (Å²) < 4.78 is 11.9. The molecular formula is C19H24N2O4S2. The van der Waals surface area contributed by atoms with Crippen LogP contribution in [0.15, 0.2) is 32.9 Å². The van der Waals surface area contributed by atoms with Crippen LogP contribution in [0.25, 0.3) is 0 Å². The van der Waals surface area contributed by atoms with Crippen molar-refractivity contribution in [2.24, 2.45) is 0 Å². The van der Waals surface area contributed by atoms with Crippen LogP contribution in [0.4, 0.5) is 0 Å². The molecule has 0 radical (unpaired) electrons. The van der Waals surface area contributed by atoms with Gasteiger partial charge in [0.1, 0.15) is 18.1 Å². The van der Waals surface area contributed by atoms with Crippen LogP contribution in [0.3, 0.4) is 0 Å². The minimum atomic E-state index is -0.319. The Morgan fingerprint density at radius 3 is 2.70 bits per heavy atom. The highest BCUT2D eigenvalue weighted by Crippen LogP contribution is 2.26. The van der Waals surface area contributed by atoms with E-state index in [2.05, 4.69) is 4.90 Å². The predicted octanol–water partition coefficient (Wildman–Crippen LogP) is 3.47. The molecule has 1 aliphatic rings. The number of carbonyl (C=O) groups is 2. The molecule has 2 aromatic heterocycles. The SMILES string of the molecule is CSc1ccc(C(=O)N2CCCN(Cc3ccc(COC(C)=O)o3)CC2)s1. The van der Waals surface area contributed by atoms with Crippen molar-refractivity contribution in [3.05, 3.63) is 40.7 Å². The molecule has 0 aliphatic carbocycles. The van der Waals surface area contributed by atoms with E-state index in [1.165, 1.54) is 6.92 Å². The number of thioether (sulfide) groups is 1. The van der Waals surface area contributed by atoms with E-state index in [9.17, 15) is 9.59 Å². The first-order chi connectivity index (χ1) is 13.0. The average molecular weight is 409 g/mol. The Morgan fingerprint density at radius 1 is 1.15 bits per heavy atom. The lowest BCUT2D eigenvalue weighted by Crippen LogP contribution is -2.34. The molecule has 0 N–H and O–H groups in total. The van der Waals surface area contributed by atoms with E-state index >= 15 is 0 Å². The molecule has 27 heavy (non-hydrogen) atoms. The molecule has 1 saturated heterocycles. The first kappa shape index (κ1) is 20.0. The normalized spacial score (nSPS) is 15.6. The van der Waals surface area contributed by atoms with E-state index in [1.807, 2.05) is 35.4 Å². The lowest BCUT2D eigenvalue weighted by molar-refractivity contribution is -0.142. The Kier molecular flexibility index (Phi) is 6.98. The van der Waals surface area contributed by atoms with Crippen molar-refractivity contribution < 1.29 is 18.7 Å². The quantitative estimate of drug-likeness (QED) is 0.539. The van der Waals surface area contributed by atoms with Gasteiger partial charge in [0.25, 0.3) is 5.91 Å². The average Bonchev–Trinajstić information content (AvgIpc) is 3.25. The molecule has 3 heterocycles. The number of amides is 1. The van der Waals surface area contributed by atoms with Gasteiger partial charge in [0, 0.05) is 33.1 Å². The van der Waals surface area contributed by atoms with Crippen molar-refractivity contribution in [1.82, 2.24) is 9.80 Å². The molecule has 6 nitrogen and oxygen atoms in total. The zero-order chi connectivity index (χ0) is 19.2. The second kappa shape index (κ2) is 9.43. The van der Waals surface area contributed by atoms with Gasteiger partial charge in [-0.3, -0.25) is 14.5 Å². The van der Waals surface area contributed by atoms with Crippen molar-refractivity contribution in [2.75, 3.05) is 32.4 Å². The smallest absolute Gasteiger partial charge is 0.303 e. The Labute approximate surface area is 167 Å². The molecule has 2 aromatic rings. The van der Waals surface area contributed by atoms with Crippen LogP contribution >= 0.6 is 23.1 Å². The van der Waals surface area contributed by atoms with Gasteiger partial charge in [-0.15, -0.1) is 23.1 Å². The first-order valence-corrected chi connectivity index (χ1v) is 11.0. The maximum absolute atomic E-state index is 12.7. The van der Waals surface area contributed by atoms with Crippen LogP contribution in [0, 0.1) is 0 Å². The van der Waals surface area contributed by atoms with E-state index in [-0.39, 0.29) is 18.5 Å². The van der Waals surface area contributed by atoms with Gasteiger partial charge in [-0.05, 0) is 36.9 Å². The van der Waals surface area contributed by atoms with Gasteiger partial charge in [0.15, 0.2) is 0 Å². The Balaban J connectivity index is 1.52. The Hall–Kier alpha value is -1.77. The second-order valence-corrected chi connectivity index (χ2v) is 8.58. The number of hydrogen-bond acceptors (Lipinski definition) is 7. The minimum Gasteiger partial charge on any atom is -0.461 e. The fraction of sp³-hybridized carbons (Fsp3) is 0.474. The molecule has 0 unspecified atom stereocenters. The van der Waals surface area contributed by atoms with E-state index in [0.29, 0.717) is 18.8 Å². The van der Waals surface area contributed by atoms with Gasteiger partial charge < -0.3 is 14.1 Å². The van der Waals surface area contributed by atoms with Crippen molar-refractivity contribution in [3.63, 3.8) is 0 Å². The minimum absolute atomic E-state index is 0.129. The molecule has 0 saturated carbocycles. The summed E-state index contributed by atoms with van der Waals surface area (Å²) in [6.45, 7) is 5.46. The number of furan rings is 1. The van der Waals surface area contributed by atoms with Crippen LogP contribution in [0.1, 0.15) is 34.5 Å². The fourth-order valence-electron chi connectivity index (χ4n) is 3.01. The molecule has 3 rings (SSSR count). The van der Waals surface area contributed by atoms with E-state index < -0.39 is 0 Å². The standard InChI is InChI=1S/C19H24N2O4S2/c1-14(22)24-13-16-5-4-15(25-16)12-20-8-3-9-21(11-10-20)19(23)17-6-7-18(26-2)27-17/h4-7H,3,8-13H2,1-2H3.